The zero-order valence-electron chi connectivity index (χ0n) is 21.5. The van der Waals surface area contributed by atoms with Gasteiger partial charge in [-0.1, -0.05) is 58.4 Å². The minimum absolute atomic E-state index is 0.0228. The van der Waals surface area contributed by atoms with E-state index in [4.69, 9.17) is 14.6 Å². The van der Waals surface area contributed by atoms with Gasteiger partial charge in [-0.3, -0.25) is 9.69 Å². The lowest BCUT2D eigenvalue weighted by Crippen LogP contribution is -2.48. The van der Waals surface area contributed by atoms with Crippen molar-refractivity contribution in [3.8, 4) is 0 Å². The van der Waals surface area contributed by atoms with Crippen molar-refractivity contribution in [2.75, 3.05) is 33.4 Å². The highest BCUT2D eigenvalue weighted by Gasteiger charge is 2.40. The third-order valence-electron chi connectivity index (χ3n) is 7.45. The van der Waals surface area contributed by atoms with Gasteiger partial charge in [-0.05, 0) is 55.4 Å². The number of morpholine rings is 1. The molecule has 38 heavy (non-hydrogen) atoms. The predicted octanol–water partition coefficient (Wildman–Crippen LogP) is 5.89. The van der Waals surface area contributed by atoms with E-state index in [1.807, 2.05) is 30.1 Å². The molecule has 1 aliphatic heterocycles. The summed E-state index contributed by atoms with van der Waals surface area (Å²) in [6, 6.07) is 19.5. The first-order valence-corrected chi connectivity index (χ1v) is 13.5. The molecule has 0 bridgehead atoms. The summed E-state index contributed by atoms with van der Waals surface area (Å²) in [5.41, 5.74) is 2.46. The number of carbonyl (C=O) groups excluding carboxylic acids is 1. The number of rotatable bonds is 5. The Bertz CT molecular complexity index is 1050. The Kier molecular flexibility index (Phi) is 10.8. The van der Waals surface area contributed by atoms with Crippen LogP contribution in [0, 0.1) is 5.92 Å². The van der Waals surface area contributed by atoms with Gasteiger partial charge in [0.05, 0.1) is 19.3 Å². The number of amides is 1. The Morgan fingerprint density at radius 3 is 2.18 bits per heavy atom. The number of carboxylic acids is 1. The highest BCUT2D eigenvalue weighted by Crippen LogP contribution is 2.42. The summed E-state index contributed by atoms with van der Waals surface area (Å²) in [4.78, 5) is 27.2. The average molecular weight is 599 g/mol. The van der Waals surface area contributed by atoms with Crippen molar-refractivity contribution < 1.29 is 32.6 Å². The van der Waals surface area contributed by atoms with Gasteiger partial charge in [0.1, 0.15) is 0 Å². The summed E-state index contributed by atoms with van der Waals surface area (Å²) in [6.45, 7) is 5.77. The number of carboxylic acid groups (broad SMARTS) is 1. The number of hydrogen-bond donors (Lipinski definition) is 1. The third-order valence-corrected chi connectivity index (χ3v) is 7.98. The molecule has 1 saturated carbocycles. The lowest BCUT2D eigenvalue weighted by molar-refractivity contribution is -0.192. The molecule has 1 aliphatic carbocycles. The molecule has 0 spiro atoms. The molecule has 10 heteroatoms. The van der Waals surface area contributed by atoms with E-state index >= 15 is 0 Å². The van der Waals surface area contributed by atoms with Crippen LogP contribution in [0.3, 0.4) is 0 Å². The molecule has 0 unspecified atom stereocenters. The Balaban J connectivity index is 0.000000505. The summed E-state index contributed by atoms with van der Waals surface area (Å²) in [7, 11) is 1.96. The van der Waals surface area contributed by atoms with Crippen molar-refractivity contribution in [1.82, 2.24) is 9.80 Å². The van der Waals surface area contributed by atoms with E-state index in [0.717, 1.165) is 50.0 Å². The van der Waals surface area contributed by atoms with Gasteiger partial charge >= 0.3 is 12.1 Å². The van der Waals surface area contributed by atoms with Crippen LogP contribution >= 0.6 is 15.9 Å². The normalized spacial score (nSPS) is 23.1. The zero-order chi connectivity index (χ0) is 27.9. The summed E-state index contributed by atoms with van der Waals surface area (Å²) >= 11 is 3.56. The molecule has 2 aromatic carbocycles. The number of nitrogens with zero attached hydrogens (tertiary/aromatic N) is 2. The van der Waals surface area contributed by atoms with Gasteiger partial charge in [-0.25, -0.2) is 4.79 Å². The topological polar surface area (TPSA) is 70.1 Å². The molecule has 1 saturated heterocycles. The molecule has 208 valence electrons. The molecule has 2 fully saturated rings. The number of benzene rings is 2. The van der Waals surface area contributed by atoms with Crippen LogP contribution in [0.25, 0.3) is 0 Å². The number of ether oxygens (including phenoxy) is 1. The minimum atomic E-state index is -5.08. The lowest BCUT2D eigenvalue weighted by atomic mass is 9.72. The van der Waals surface area contributed by atoms with Crippen molar-refractivity contribution >= 4 is 27.8 Å². The maximum Gasteiger partial charge on any atom is 0.490 e. The Labute approximate surface area is 229 Å². The maximum absolute atomic E-state index is 13.7. The Hall–Kier alpha value is -2.43. The van der Waals surface area contributed by atoms with Crippen molar-refractivity contribution in [2.45, 2.75) is 50.4 Å². The largest absolute Gasteiger partial charge is 0.490 e. The van der Waals surface area contributed by atoms with Crippen LogP contribution in [0.2, 0.25) is 0 Å². The summed E-state index contributed by atoms with van der Waals surface area (Å²) < 4.78 is 38.4. The highest BCUT2D eigenvalue weighted by molar-refractivity contribution is 9.10. The number of carbonyl (C=O) groups is 2. The number of aliphatic carboxylic acids is 1. The molecule has 0 radical (unpaired) electrons. The van der Waals surface area contributed by atoms with E-state index in [2.05, 4.69) is 64.2 Å². The minimum Gasteiger partial charge on any atom is -0.475 e. The molecule has 4 rings (SSSR count). The van der Waals surface area contributed by atoms with E-state index in [1.165, 1.54) is 11.1 Å². The third kappa shape index (κ3) is 8.04. The van der Waals surface area contributed by atoms with Crippen LogP contribution in [-0.2, 0) is 14.3 Å². The molecular weight excluding hydrogens is 565 g/mol. The van der Waals surface area contributed by atoms with Crippen LogP contribution in [0.4, 0.5) is 13.2 Å². The summed E-state index contributed by atoms with van der Waals surface area (Å²) in [5, 5.41) is 7.12. The molecule has 6 nitrogen and oxygen atoms in total. The SMILES string of the molecule is C[C@@H](c1ccccc1)N(C)C(=O)[C@@H]1CC[C@@H](N2CCOCC2)C[C@H]1c1ccc(Br)cc1.O=C(O)C(F)(F)F. The molecule has 0 aromatic heterocycles. The monoisotopic (exact) mass is 598 g/mol. The highest BCUT2D eigenvalue weighted by atomic mass is 79.9. The average Bonchev–Trinajstić information content (AvgIpc) is 2.93. The van der Waals surface area contributed by atoms with Crippen LogP contribution in [0.1, 0.15) is 49.3 Å². The van der Waals surface area contributed by atoms with E-state index in [-0.39, 0.29) is 23.8 Å². The fourth-order valence-electron chi connectivity index (χ4n) is 5.20. The Morgan fingerprint density at radius 1 is 1.05 bits per heavy atom. The smallest absolute Gasteiger partial charge is 0.475 e. The quantitative estimate of drug-likeness (QED) is 0.465. The van der Waals surface area contributed by atoms with Gasteiger partial charge in [0.2, 0.25) is 5.91 Å². The zero-order valence-corrected chi connectivity index (χ0v) is 23.1. The van der Waals surface area contributed by atoms with Crippen LogP contribution < -0.4 is 0 Å². The van der Waals surface area contributed by atoms with Gasteiger partial charge in [0.15, 0.2) is 0 Å². The standard InChI is InChI=1S/C26H33BrN2O2.C2HF3O2/c1-19(20-6-4-3-5-7-20)28(2)26(30)24-13-12-23(29-14-16-31-17-15-29)18-25(24)21-8-10-22(27)11-9-21;3-2(4,5)1(6)7/h3-11,19,23-25H,12-18H2,1-2H3;(H,6,7)/t19-,23+,24+,25-;/m0./s1. The molecule has 2 aromatic rings. The summed E-state index contributed by atoms with van der Waals surface area (Å²) in [5.74, 6) is -2.22. The number of alkyl halides is 3. The van der Waals surface area contributed by atoms with Crippen molar-refractivity contribution in [2.24, 2.45) is 5.92 Å². The first-order valence-electron chi connectivity index (χ1n) is 12.7. The fourth-order valence-corrected chi connectivity index (χ4v) is 5.47. The van der Waals surface area contributed by atoms with Crippen molar-refractivity contribution in [3.05, 3.63) is 70.2 Å². The molecule has 2 aliphatic rings. The summed E-state index contributed by atoms with van der Waals surface area (Å²) in [6.07, 6.45) is -2.03. The maximum atomic E-state index is 13.7. The fraction of sp³-hybridized carbons (Fsp3) is 0.500. The van der Waals surface area contributed by atoms with Crippen LogP contribution in [0.5, 0.6) is 0 Å². The molecule has 1 amide bonds. The van der Waals surface area contributed by atoms with Crippen molar-refractivity contribution in [3.63, 3.8) is 0 Å². The van der Waals surface area contributed by atoms with Gasteiger partial charge in [-0.15, -0.1) is 0 Å². The first-order chi connectivity index (χ1) is 18.0. The van der Waals surface area contributed by atoms with Gasteiger partial charge in [-0.2, -0.15) is 13.2 Å². The van der Waals surface area contributed by atoms with E-state index in [0.29, 0.717) is 6.04 Å². The van der Waals surface area contributed by atoms with E-state index in [1.54, 1.807) is 0 Å². The molecule has 1 heterocycles. The van der Waals surface area contributed by atoms with E-state index < -0.39 is 12.1 Å². The predicted molar refractivity (Wildman–Crippen MR) is 142 cm³/mol. The van der Waals surface area contributed by atoms with Crippen LogP contribution in [0.15, 0.2) is 59.1 Å². The van der Waals surface area contributed by atoms with Crippen molar-refractivity contribution in [1.29, 1.82) is 0 Å². The first kappa shape index (κ1) is 30.1. The molecule has 4 atom stereocenters. The molecular formula is C28H34BrF3N2O4. The molecule has 1 N–H and O–H groups in total. The number of halogens is 4. The second-order valence-electron chi connectivity index (χ2n) is 9.72. The van der Waals surface area contributed by atoms with E-state index in [9.17, 15) is 18.0 Å². The van der Waals surface area contributed by atoms with Gasteiger partial charge in [0.25, 0.3) is 0 Å². The second kappa shape index (κ2) is 13.6. The lowest BCUT2D eigenvalue weighted by Gasteiger charge is -2.43. The van der Waals surface area contributed by atoms with Gasteiger partial charge < -0.3 is 14.7 Å². The number of hydrogen-bond acceptors (Lipinski definition) is 4. The van der Waals surface area contributed by atoms with Crippen LogP contribution in [-0.4, -0.2) is 72.4 Å². The Morgan fingerprint density at radius 2 is 1.63 bits per heavy atom. The van der Waals surface area contributed by atoms with Gasteiger partial charge in [0, 0.05) is 36.6 Å². The second-order valence-corrected chi connectivity index (χ2v) is 10.6.